The zero-order valence-corrected chi connectivity index (χ0v) is 40.3. The van der Waals surface area contributed by atoms with Gasteiger partial charge in [-0.2, -0.15) is 0 Å². The van der Waals surface area contributed by atoms with E-state index in [0.29, 0.717) is 67.6 Å². The monoisotopic (exact) mass is 981 g/mol. The van der Waals surface area contributed by atoms with E-state index in [9.17, 15) is 14.4 Å². The molecule has 0 aliphatic heterocycles. The van der Waals surface area contributed by atoms with Crippen LogP contribution in [0.25, 0.3) is 100.0 Å². The van der Waals surface area contributed by atoms with Gasteiger partial charge in [0.15, 0.2) is 16.7 Å². The third-order valence-electron chi connectivity index (χ3n) is 13.6. The molecule has 0 N–H and O–H groups in total. The number of rotatable bonds is 9. The molecule has 9 heterocycles. The lowest BCUT2D eigenvalue weighted by Gasteiger charge is -2.22. The standard InChI is InChI=1S/C60H39N9O6/c1-67(37-19-22-46(64-31-37)40-10-4-13-43-52-49(73-55(40)43)16-7-25-61-52)58(70)34-28-35(59(71)68(2)38-20-23-47(65-32-38)41-11-5-14-44-53-50(74-56(41)44)17-8-26-62-53)30-36(29-34)60(72)69(3)39-21-24-48(66-33-39)42-12-6-15-45-54-51(75-57(42)45)18-9-27-63-54/h4-33H,1-3H3. The van der Waals surface area contributed by atoms with Gasteiger partial charge in [0.2, 0.25) is 0 Å². The van der Waals surface area contributed by atoms with Crippen molar-refractivity contribution in [2.75, 3.05) is 35.8 Å². The Bertz CT molecular complexity index is 3970. The van der Waals surface area contributed by atoms with Gasteiger partial charge in [0.1, 0.15) is 33.3 Å². The third-order valence-corrected chi connectivity index (χ3v) is 13.6. The number of amides is 3. The molecular weight excluding hydrogens is 943 g/mol. The van der Waals surface area contributed by atoms with Crippen LogP contribution >= 0.6 is 0 Å². The molecule has 75 heavy (non-hydrogen) atoms. The second kappa shape index (κ2) is 17.7. The summed E-state index contributed by atoms with van der Waals surface area (Å²) < 4.78 is 18.6. The van der Waals surface area contributed by atoms with Crippen molar-refractivity contribution in [3.05, 3.63) is 199 Å². The summed E-state index contributed by atoms with van der Waals surface area (Å²) in [7, 11) is 4.85. The fourth-order valence-corrected chi connectivity index (χ4v) is 9.62. The number of anilines is 3. The van der Waals surface area contributed by atoms with Crippen LogP contribution in [0.15, 0.2) is 196 Å². The third kappa shape index (κ3) is 7.56. The van der Waals surface area contributed by atoms with Gasteiger partial charge >= 0.3 is 0 Å². The Labute approximate surface area is 426 Å². The van der Waals surface area contributed by atoms with Gasteiger partial charge in [-0.3, -0.25) is 44.3 Å². The molecular formula is C60H39N9O6. The number of hydrogen-bond donors (Lipinski definition) is 0. The molecule has 360 valence electrons. The molecule has 0 atom stereocenters. The number of aromatic nitrogens is 6. The Kier molecular flexibility index (Phi) is 10.5. The van der Waals surface area contributed by atoms with E-state index >= 15 is 0 Å². The van der Waals surface area contributed by atoms with Crippen molar-refractivity contribution in [2.24, 2.45) is 0 Å². The summed E-state index contributed by atoms with van der Waals surface area (Å²) in [5.41, 5.74) is 12.2. The van der Waals surface area contributed by atoms with Gasteiger partial charge in [-0.25, -0.2) is 0 Å². The first kappa shape index (κ1) is 44.5. The summed E-state index contributed by atoms with van der Waals surface area (Å²) >= 11 is 0. The average Bonchev–Trinajstić information content (AvgIpc) is 4.18. The van der Waals surface area contributed by atoms with Crippen LogP contribution in [0, 0.1) is 0 Å². The number of carbonyl (C=O) groups excluding carboxylic acids is 3. The normalized spacial score (nSPS) is 11.6. The summed E-state index contributed by atoms with van der Waals surface area (Å²) in [5.74, 6) is -1.44. The van der Waals surface area contributed by atoms with E-state index in [0.717, 1.165) is 49.4 Å². The van der Waals surface area contributed by atoms with Gasteiger partial charge in [-0.05, 0) is 127 Å². The second-order valence-electron chi connectivity index (χ2n) is 18.0. The molecule has 13 aromatic rings. The minimum absolute atomic E-state index is 0.0981. The van der Waals surface area contributed by atoms with Crippen LogP contribution in [0.3, 0.4) is 0 Å². The van der Waals surface area contributed by atoms with E-state index in [2.05, 4.69) is 15.0 Å². The average molecular weight is 982 g/mol. The Balaban J connectivity index is 0.818. The molecule has 9 aromatic heterocycles. The molecule has 0 saturated carbocycles. The molecule has 0 bridgehead atoms. The number of pyridine rings is 6. The molecule has 15 heteroatoms. The van der Waals surface area contributed by atoms with Crippen LogP contribution in [0.4, 0.5) is 17.1 Å². The van der Waals surface area contributed by atoms with Crippen LogP contribution in [-0.4, -0.2) is 68.8 Å². The molecule has 0 radical (unpaired) electrons. The van der Waals surface area contributed by atoms with Crippen molar-refractivity contribution in [1.82, 2.24) is 29.9 Å². The fraction of sp³-hybridized carbons (Fsp3) is 0.0500. The summed E-state index contributed by atoms with van der Waals surface area (Å²) in [4.78, 5) is 75.9. The summed E-state index contributed by atoms with van der Waals surface area (Å²) in [6, 6.07) is 43.8. The highest BCUT2D eigenvalue weighted by molar-refractivity contribution is 6.15. The predicted molar refractivity (Wildman–Crippen MR) is 289 cm³/mol. The van der Waals surface area contributed by atoms with Gasteiger partial charge in [0.25, 0.3) is 17.7 Å². The SMILES string of the molecule is CN(C(=O)c1cc(C(=O)N(C)c2ccc(-c3cccc4c3oc3cccnc34)nc2)cc(C(=O)N(C)c2ccc(-c3cccc4c3oc3cccnc34)nc2)c1)c1ccc(-c2cccc3c2oc2cccnc23)nc1. The highest BCUT2D eigenvalue weighted by atomic mass is 16.3. The molecule has 0 spiro atoms. The van der Waals surface area contributed by atoms with E-state index < -0.39 is 17.7 Å². The molecule has 0 saturated heterocycles. The molecule has 0 fully saturated rings. The largest absolute Gasteiger partial charge is 0.454 e. The van der Waals surface area contributed by atoms with Gasteiger partial charge in [-0.1, -0.05) is 18.2 Å². The Morgan fingerprint density at radius 2 is 0.667 bits per heavy atom. The van der Waals surface area contributed by atoms with Crippen molar-refractivity contribution in [2.45, 2.75) is 0 Å². The summed E-state index contributed by atoms with van der Waals surface area (Å²) in [6.07, 6.45) is 9.98. The minimum Gasteiger partial charge on any atom is -0.454 e. The molecule has 0 aliphatic rings. The van der Waals surface area contributed by atoms with Gasteiger partial charge < -0.3 is 28.0 Å². The van der Waals surface area contributed by atoms with E-state index in [1.165, 1.54) is 32.9 Å². The summed E-state index contributed by atoms with van der Waals surface area (Å²) in [5, 5.41) is 2.59. The molecule has 0 unspecified atom stereocenters. The first-order chi connectivity index (χ1) is 36.7. The summed E-state index contributed by atoms with van der Waals surface area (Å²) in [6.45, 7) is 0. The number of carbonyl (C=O) groups is 3. The first-order valence-electron chi connectivity index (χ1n) is 23.8. The second-order valence-corrected chi connectivity index (χ2v) is 18.0. The number of hydrogen-bond acceptors (Lipinski definition) is 12. The number of fused-ring (bicyclic) bond motifs is 9. The zero-order valence-electron chi connectivity index (χ0n) is 40.3. The molecule has 4 aromatic carbocycles. The zero-order chi connectivity index (χ0) is 50.9. The molecule has 15 nitrogen and oxygen atoms in total. The maximum atomic E-state index is 14.6. The maximum Gasteiger partial charge on any atom is 0.258 e. The number of para-hydroxylation sites is 3. The van der Waals surface area contributed by atoms with Gasteiger partial charge in [-0.15, -0.1) is 0 Å². The smallest absolute Gasteiger partial charge is 0.258 e. The Morgan fingerprint density at radius 3 is 0.947 bits per heavy atom. The van der Waals surface area contributed by atoms with Crippen LogP contribution in [-0.2, 0) is 0 Å². The van der Waals surface area contributed by atoms with E-state index in [4.69, 9.17) is 28.2 Å². The van der Waals surface area contributed by atoms with Crippen LogP contribution in [0.1, 0.15) is 31.1 Å². The van der Waals surface area contributed by atoms with Gasteiger partial charge in [0, 0.05) is 89.3 Å². The Hall–Kier alpha value is -10.4. The van der Waals surface area contributed by atoms with Crippen LogP contribution in [0.2, 0.25) is 0 Å². The lowest BCUT2D eigenvalue weighted by atomic mass is 10.0. The molecule has 13 rings (SSSR count). The first-order valence-corrected chi connectivity index (χ1v) is 23.8. The van der Waals surface area contributed by atoms with Crippen molar-refractivity contribution in [3.8, 4) is 33.8 Å². The van der Waals surface area contributed by atoms with Crippen LogP contribution < -0.4 is 14.7 Å². The van der Waals surface area contributed by atoms with Crippen molar-refractivity contribution < 1.29 is 27.6 Å². The Morgan fingerprint density at radius 1 is 0.360 bits per heavy atom. The topological polar surface area (TPSA) is 178 Å². The maximum absolute atomic E-state index is 14.6. The number of furan rings is 3. The predicted octanol–water partition coefficient (Wildman–Crippen LogP) is 12.6. The number of nitrogens with zero attached hydrogens (tertiary/aromatic N) is 9. The van der Waals surface area contributed by atoms with Crippen LogP contribution in [0.5, 0.6) is 0 Å². The highest BCUT2D eigenvalue weighted by Crippen LogP contribution is 2.38. The lowest BCUT2D eigenvalue weighted by Crippen LogP contribution is -2.31. The van der Waals surface area contributed by atoms with Crippen molar-refractivity contribution in [1.29, 1.82) is 0 Å². The van der Waals surface area contributed by atoms with E-state index in [1.807, 2.05) is 109 Å². The lowest BCUT2D eigenvalue weighted by molar-refractivity contribution is 0.0992. The van der Waals surface area contributed by atoms with Crippen molar-refractivity contribution in [3.63, 3.8) is 0 Å². The van der Waals surface area contributed by atoms with E-state index in [1.54, 1.807) is 76.5 Å². The molecule has 0 aliphatic carbocycles. The van der Waals surface area contributed by atoms with E-state index in [-0.39, 0.29) is 16.7 Å². The van der Waals surface area contributed by atoms with Crippen molar-refractivity contribution >= 4 is 101 Å². The highest BCUT2D eigenvalue weighted by Gasteiger charge is 2.25. The fourth-order valence-electron chi connectivity index (χ4n) is 9.62. The minimum atomic E-state index is -0.481. The molecule has 3 amide bonds. The quantitative estimate of drug-likeness (QED) is 0.134. The van der Waals surface area contributed by atoms with Gasteiger partial charge in [0.05, 0.1) is 52.7 Å². The number of benzene rings is 4.